The standard InChI is InChI=1S/C10H7ClFNO5S/c1-2-3-4-18-10-8(12)5-7(13(14)15)6-9(10)19(11,16)17/h5-6H,4H2,1H3. The zero-order valence-electron chi connectivity index (χ0n) is 9.51. The number of rotatable bonds is 4. The zero-order chi connectivity index (χ0) is 14.6. The van der Waals surface area contributed by atoms with Crippen molar-refractivity contribution in [3.8, 4) is 17.6 Å². The van der Waals surface area contributed by atoms with Gasteiger partial charge in [-0.1, -0.05) is 5.92 Å². The lowest BCUT2D eigenvalue weighted by Crippen LogP contribution is -2.04. The second-order valence-electron chi connectivity index (χ2n) is 3.17. The van der Waals surface area contributed by atoms with E-state index in [0.717, 1.165) is 0 Å². The molecule has 0 heterocycles. The number of hydrogen-bond donors (Lipinski definition) is 0. The summed E-state index contributed by atoms with van der Waals surface area (Å²) in [5.74, 6) is 2.99. The van der Waals surface area contributed by atoms with Crippen molar-refractivity contribution in [2.75, 3.05) is 6.61 Å². The van der Waals surface area contributed by atoms with Crippen LogP contribution in [0.3, 0.4) is 0 Å². The third-order valence-electron chi connectivity index (χ3n) is 1.93. The van der Waals surface area contributed by atoms with Crippen LogP contribution in [0, 0.1) is 27.8 Å². The minimum absolute atomic E-state index is 0.273. The molecule has 0 amide bonds. The zero-order valence-corrected chi connectivity index (χ0v) is 11.1. The van der Waals surface area contributed by atoms with E-state index < -0.39 is 36.1 Å². The highest BCUT2D eigenvalue weighted by Gasteiger charge is 2.25. The van der Waals surface area contributed by atoms with Crippen molar-refractivity contribution in [3.63, 3.8) is 0 Å². The van der Waals surface area contributed by atoms with E-state index in [1.165, 1.54) is 6.92 Å². The maximum absolute atomic E-state index is 13.6. The molecule has 0 spiro atoms. The Morgan fingerprint density at radius 1 is 1.53 bits per heavy atom. The monoisotopic (exact) mass is 307 g/mol. The Bertz CT molecular complexity index is 677. The Kier molecular flexibility index (Phi) is 4.69. The highest BCUT2D eigenvalue weighted by molar-refractivity contribution is 8.13. The molecule has 0 unspecified atom stereocenters. The molecule has 1 aromatic carbocycles. The molecular formula is C10H7ClFNO5S. The Labute approximate surface area is 112 Å². The van der Waals surface area contributed by atoms with Gasteiger partial charge in [-0.2, -0.15) is 0 Å². The van der Waals surface area contributed by atoms with E-state index in [2.05, 4.69) is 11.8 Å². The number of benzene rings is 1. The number of halogens is 2. The van der Waals surface area contributed by atoms with Crippen LogP contribution in [0.1, 0.15) is 6.92 Å². The van der Waals surface area contributed by atoms with Gasteiger partial charge in [-0.05, 0) is 6.92 Å². The number of nitro benzene ring substituents is 1. The first-order valence-corrected chi connectivity index (χ1v) is 7.03. The fourth-order valence-electron chi connectivity index (χ4n) is 1.16. The first-order valence-electron chi connectivity index (χ1n) is 4.72. The summed E-state index contributed by atoms with van der Waals surface area (Å²) in [6.45, 7) is 1.24. The van der Waals surface area contributed by atoms with Crippen LogP contribution in [-0.4, -0.2) is 19.9 Å². The Hall–Kier alpha value is -1.85. The van der Waals surface area contributed by atoms with Gasteiger partial charge in [0.1, 0.15) is 11.5 Å². The molecule has 0 fully saturated rings. The van der Waals surface area contributed by atoms with Gasteiger partial charge in [0.15, 0.2) is 11.6 Å². The average molecular weight is 308 g/mol. The quantitative estimate of drug-likeness (QED) is 0.368. The summed E-state index contributed by atoms with van der Waals surface area (Å²) < 4.78 is 41.0. The van der Waals surface area contributed by atoms with Crippen molar-refractivity contribution in [2.24, 2.45) is 0 Å². The molecule has 0 saturated heterocycles. The molecule has 0 aliphatic rings. The molecule has 0 saturated carbocycles. The summed E-state index contributed by atoms with van der Waals surface area (Å²) >= 11 is 0. The smallest absolute Gasteiger partial charge is 0.273 e. The minimum atomic E-state index is -4.39. The van der Waals surface area contributed by atoms with Gasteiger partial charge in [0.25, 0.3) is 14.7 Å². The summed E-state index contributed by atoms with van der Waals surface area (Å²) in [5.41, 5.74) is -0.745. The molecule has 1 rings (SSSR count). The Morgan fingerprint density at radius 2 is 2.16 bits per heavy atom. The van der Waals surface area contributed by atoms with Gasteiger partial charge >= 0.3 is 0 Å². The maximum atomic E-state index is 13.6. The van der Waals surface area contributed by atoms with Crippen molar-refractivity contribution in [1.29, 1.82) is 0 Å². The molecule has 0 aliphatic heterocycles. The van der Waals surface area contributed by atoms with E-state index in [1.54, 1.807) is 0 Å². The van der Waals surface area contributed by atoms with Crippen LogP contribution in [0.2, 0.25) is 0 Å². The lowest BCUT2D eigenvalue weighted by molar-refractivity contribution is -0.385. The van der Waals surface area contributed by atoms with Gasteiger partial charge in [0, 0.05) is 16.7 Å². The molecule has 0 radical (unpaired) electrons. The van der Waals surface area contributed by atoms with E-state index >= 15 is 0 Å². The number of ether oxygens (including phenoxy) is 1. The van der Waals surface area contributed by atoms with Crippen LogP contribution in [0.4, 0.5) is 10.1 Å². The Morgan fingerprint density at radius 3 is 2.63 bits per heavy atom. The topological polar surface area (TPSA) is 86.5 Å². The SMILES string of the molecule is CC#CCOc1c(F)cc([N+](=O)[O-])cc1S(=O)(=O)Cl. The van der Waals surface area contributed by atoms with Crippen LogP contribution in [0.15, 0.2) is 17.0 Å². The molecule has 19 heavy (non-hydrogen) atoms. The predicted octanol–water partition coefficient (Wildman–Crippen LogP) is 2.06. The molecular weight excluding hydrogens is 301 g/mol. The van der Waals surface area contributed by atoms with E-state index in [1.807, 2.05) is 0 Å². The number of hydrogen-bond acceptors (Lipinski definition) is 5. The summed E-state index contributed by atoms with van der Waals surface area (Å²) in [4.78, 5) is 8.79. The fourth-order valence-corrected chi connectivity index (χ4v) is 2.14. The summed E-state index contributed by atoms with van der Waals surface area (Å²) in [5, 5.41) is 10.5. The predicted molar refractivity (Wildman–Crippen MR) is 65.0 cm³/mol. The van der Waals surface area contributed by atoms with Crippen molar-refractivity contribution in [1.82, 2.24) is 0 Å². The lowest BCUT2D eigenvalue weighted by Gasteiger charge is -2.08. The van der Waals surface area contributed by atoms with Gasteiger partial charge in [-0.25, -0.2) is 12.8 Å². The first kappa shape index (κ1) is 15.2. The van der Waals surface area contributed by atoms with Gasteiger partial charge in [0.2, 0.25) is 0 Å². The molecule has 6 nitrogen and oxygen atoms in total. The van der Waals surface area contributed by atoms with Crippen molar-refractivity contribution in [3.05, 3.63) is 28.1 Å². The molecule has 0 aromatic heterocycles. The number of non-ortho nitro benzene ring substituents is 1. The summed E-state index contributed by atoms with van der Waals surface area (Å²) in [6, 6.07) is 1.17. The maximum Gasteiger partial charge on any atom is 0.273 e. The minimum Gasteiger partial charge on any atom is -0.476 e. The normalized spacial score (nSPS) is 10.5. The summed E-state index contributed by atoms with van der Waals surface area (Å²) in [7, 11) is 0.698. The second kappa shape index (κ2) is 5.86. The second-order valence-corrected chi connectivity index (χ2v) is 5.70. The van der Waals surface area contributed by atoms with E-state index in [-0.39, 0.29) is 6.61 Å². The van der Waals surface area contributed by atoms with Gasteiger partial charge in [-0.3, -0.25) is 10.1 Å². The van der Waals surface area contributed by atoms with Crippen LogP contribution in [-0.2, 0) is 9.05 Å². The average Bonchev–Trinajstić information content (AvgIpc) is 2.29. The number of nitro groups is 1. The van der Waals surface area contributed by atoms with Gasteiger partial charge in [-0.15, -0.1) is 5.92 Å². The van der Waals surface area contributed by atoms with Crippen molar-refractivity contribution in [2.45, 2.75) is 11.8 Å². The third-order valence-corrected chi connectivity index (χ3v) is 3.26. The molecule has 9 heteroatoms. The third kappa shape index (κ3) is 3.81. The lowest BCUT2D eigenvalue weighted by atomic mass is 10.3. The molecule has 0 bridgehead atoms. The number of nitrogens with zero attached hydrogens (tertiary/aromatic N) is 1. The highest BCUT2D eigenvalue weighted by atomic mass is 35.7. The van der Waals surface area contributed by atoms with E-state index in [9.17, 15) is 22.9 Å². The molecule has 0 aliphatic carbocycles. The molecule has 102 valence electrons. The van der Waals surface area contributed by atoms with Crippen LogP contribution in [0.5, 0.6) is 5.75 Å². The molecule has 0 N–H and O–H groups in total. The van der Waals surface area contributed by atoms with Crippen LogP contribution >= 0.6 is 10.7 Å². The van der Waals surface area contributed by atoms with Crippen LogP contribution < -0.4 is 4.74 Å². The highest BCUT2D eigenvalue weighted by Crippen LogP contribution is 2.33. The fraction of sp³-hybridized carbons (Fsp3) is 0.200. The van der Waals surface area contributed by atoms with Gasteiger partial charge in [0.05, 0.1) is 11.0 Å². The Balaban J connectivity index is 3.42. The summed E-state index contributed by atoms with van der Waals surface area (Å²) in [6.07, 6.45) is 0. The van der Waals surface area contributed by atoms with E-state index in [0.29, 0.717) is 12.1 Å². The molecule has 1 aromatic rings. The van der Waals surface area contributed by atoms with Crippen molar-refractivity contribution >= 4 is 25.4 Å². The largest absolute Gasteiger partial charge is 0.476 e. The molecule has 0 atom stereocenters. The van der Waals surface area contributed by atoms with E-state index in [4.69, 9.17) is 15.4 Å². The van der Waals surface area contributed by atoms with Gasteiger partial charge < -0.3 is 4.74 Å². The van der Waals surface area contributed by atoms with Crippen molar-refractivity contribution < 1.29 is 22.5 Å². The first-order chi connectivity index (χ1) is 8.77. The van der Waals surface area contributed by atoms with Crippen LogP contribution in [0.25, 0.3) is 0 Å².